The maximum absolute atomic E-state index is 13.0. The van der Waals surface area contributed by atoms with Crippen LogP contribution in [0.1, 0.15) is 26.3 Å². The van der Waals surface area contributed by atoms with E-state index in [1.54, 1.807) is 13.2 Å². The second-order valence-electron chi connectivity index (χ2n) is 5.50. The Hall–Kier alpha value is -1.90. The molecule has 0 atom stereocenters. The lowest BCUT2D eigenvalue weighted by Gasteiger charge is -2.23. The Bertz CT molecular complexity index is 570. The molecule has 2 rings (SSSR count). The first-order chi connectivity index (χ1) is 8.93. The zero-order chi connectivity index (χ0) is 14.0. The molecule has 0 aliphatic rings. The highest BCUT2D eigenvalue weighted by atomic mass is 19.1. The first kappa shape index (κ1) is 13.5. The number of rotatable bonds is 2. The summed E-state index contributed by atoms with van der Waals surface area (Å²) in [7, 11) is 1.65. The van der Waals surface area contributed by atoms with Crippen LogP contribution in [0.5, 0.6) is 5.75 Å². The molecular weight excluding hydrogens is 241 g/mol. The number of methoxy groups -OCH3 is 1. The van der Waals surface area contributed by atoms with Crippen molar-refractivity contribution < 1.29 is 9.13 Å². The third-order valence-electron chi connectivity index (χ3n) is 3.03. The van der Waals surface area contributed by atoms with Crippen LogP contribution in [0.4, 0.5) is 4.39 Å². The van der Waals surface area contributed by atoms with E-state index in [0.29, 0.717) is 5.69 Å². The van der Waals surface area contributed by atoms with Crippen LogP contribution in [0.25, 0.3) is 11.3 Å². The Morgan fingerprint density at radius 1 is 1.11 bits per heavy atom. The van der Waals surface area contributed by atoms with Gasteiger partial charge in [0.05, 0.1) is 19.0 Å². The molecule has 0 radical (unpaired) electrons. The van der Waals surface area contributed by atoms with Gasteiger partial charge in [-0.1, -0.05) is 32.9 Å². The van der Waals surface area contributed by atoms with Crippen LogP contribution in [0.3, 0.4) is 0 Å². The van der Waals surface area contributed by atoms with E-state index in [4.69, 9.17) is 4.74 Å². The van der Waals surface area contributed by atoms with Crippen LogP contribution in [-0.2, 0) is 5.41 Å². The van der Waals surface area contributed by atoms with Gasteiger partial charge in [-0.2, -0.15) is 0 Å². The topological polar surface area (TPSA) is 22.1 Å². The average Bonchev–Trinajstić information content (AvgIpc) is 2.37. The zero-order valence-corrected chi connectivity index (χ0v) is 11.7. The lowest BCUT2D eigenvalue weighted by molar-refractivity contribution is 0.399. The summed E-state index contributed by atoms with van der Waals surface area (Å²) in [6.07, 6.45) is 1.22. The third-order valence-corrected chi connectivity index (χ3v) is 3.03. The second kappa shape index (κ2) is 5.00. The number of halogens is 1. The molecular formula is C16H18FNO. The van der Waals surface area contributed by atoms with Crippen molar-refractivity contribution >= 4 is 0 Å². The van der Waals surface area contributed by atoms with Gasteiger partial charge in [0.25, 0.3) is 0 Å². The normalized spacial score (nSPS) is 11.4. The van der Waals surface area contributed by atoms with Crippen molar-refractivity contribution in [2.75, 3.05) is 7.11 Å². The molecule has 0 aliphatic heterocycles. The lowest BCUT2D eigenvalue weighted by Crippen LogP contribution is -2.13. The summed E-state index contributed by atoms with van der Waals surface area (Å²) in [6, 6.07) is 9.04. The van der Waals surface area contributed by atoms with Gasteiger partial charge in [-0.25, -0.2) is 4.39 Å². The van der Waals surface area contributed by atoms with Crippen LogP contribution in [-0.4, -0.2) is 12.1 Å². The number of ether oxygens (including phenoxy) is 1. The first-order valence-corrected chi connectivity index (χ1v) is 6.23. The molecule has 0 fully saturated rings. The Morgan fingerprint density at radius 2 is 1.84 bits per heavy atom. The monoisotopic (exact) mass is 259 g/mol. The minimum atomic E-state index is -0.338. The van der Waals surface area contributed by atoms with Crippen LogP contribution < -0.4 is 4.74 Å². The van der Waals surface area contributed by atoms with Crippen molar-refractivity contribution in [3.8, 4) is 17.0 Å². The number of hydrogen-bond donors (Lipinski definition) is 0. The molecule has 2 nitrogen and oxygen atoms in total. The molecule has 0 aliphatic carbocycles. The van der Waals surface area contributed by atoms with Gasteiger partial charge in [0.15, 0.2) is 0 Å². The van der Waals surface area contributed by atoms with Crippen LogP contribution in [0, 0.1) is 5.82 Å². The summed E-state index contributed by atoms with van der Waals surface area (Å²) in [5.74, 6) is 0.462. The largest absolute Gasteiger partial charge is 0.496 e. The summed E-state index contributed by atoms with van der Waals surface area (Å²) in [5, 5.41) is 0. The molecule has 3 heteroatoms. The molecule has 0 N–H and O–H groups in total. The Balaban J connectivity index is 2.61. The average molecular weight is 259 g/mol. The first-order valence-electron chi connectivity index (χ1n) is 6.23. The molecule has 0 amide bonds. The van der Waals surface area contributed by atoms with Gasteiger partial charge in [0, 0.05) is 11.1 Å². The highest BCUT2D eigenvalue weighted by Crippen LogP contribution is 2.38. The predicted octanol–water partition coefficient (Wildman–Crippen LogP) is 4.19. The Labute approximate surface area is 113 Å². The van der Waals surface area contributed by atoms with Gasteiger partial charge in [-0.15, -0.1) is 0 Å². The van der Waals surface area contributed by atoms with Gasteiger partial charge in [0.2, 0.25) is 0 Å². The van der Waals surface area contributed by atoms with Gasteiger partial charge >= 0.3 is 0 Å². The van der Waals surface area contributed by atoms with Crippen molar-refractivity contribution in [2.45, 2.75) is 26.2 Å². The zero-order valence-electron chi connectivity index (χ0n) is 11.7. The molecule has 0 saturated heterocycles. The van der Waals surface area contributed by atoms with Crippen molar-refractivity contribution in [3.05, 3.63) is 47.9 Å². The Morgan fingerprint density at radius 3 is 2.37 bits per heavy atom. The van der Waals surface area contributed by atoms with E-state index >= 15 is 0 Å². The molecule has 0 bridgehead atoms. The van der Waals surface area contributed by atoms with Crippen molar-refractivity contribution in [1.29, 1.82) is 0 Å². The van der Waals surface area contributed by atoms with Crippen molar-refractivity contribution in [3.63, 3.8) is 0 Å². The van der Waals surface area contributed by atoms with E-state index in [-0.39, 0.29) is 11.2 Å². The van der Waals surface area contributed by atoms with Crippen LogP contribution in [0.15, 0.2) is 36.5 Å². The number of aromatic nitrogens is 1. The highest BCUT2D eigenvalue weighted by Gasteiger charge is 2.21. The van der Waals surface area contributed by atoms with E-state index in [1.807, 2.05) is 18.2 Å². The number of benzene rings is 1. The molecule has 0 spiro atoms. The molecule has 0 saturated carbocycles. The summed E-state index contributed by atoms with van der Waals surface area (Å²) in [4.78, 5) is 4.13. The fourth-order valence-electron chi connectivity index (χ4n) is 2.08. The number of para-hydroxylation sites is 1. The van der Waals surface area contributed by atoms with Crippen LogP contribution >= 0.6 is 0 Å². The third kappa shape index (κ3) is 2.75. The minimum Gasteiger partial charge on any atom is -0.496 e. The van der Waals surface area contributed by atoms with E-state index in [9.17, 15) is 4.39 Å². The SMILES string of the molecule is COc1c(-c2ccc(F)cn2)cccc1C(C)(C)C. The van der Waals surface area contributed by atoms with E-state index in [0.717, 1.165) is 16.9 Å². The summed E-state index contributed by atoms with van der Waals surface area (Å²) >= 11 is 0. The van der Waals surface area contributed by atoms with Crippen LogP contribution in [0.2, 0.25) is 0 Å². The minimum absolute atomic E-state index is 0.0264. The summed E-state index contributed by atoms with van der Waals surface area (Å²) < 4.78 is 18.5. The standard InChI is InChI=1S/C16H18FNO/c1-16(2,3)13-7-5-6-12(15(13)19-4)14-9-8-11(17)10-18-14/h5-10H,1-4H3. The quantitative estimate of drug-likeness (QED) is 0.806. The van der Waals surface area contributed by atoms with Crippen molar-refractivity contribution in [1.82, 2.24) is 4.98 Å². The molecule has 1 aromatic carbocycles. The van der Waals surface area contributed by atoms with E-state index in [2.05, 4.69) is 25.8 Å². The number of hydrogen-bond acceptors (Lipinski definition) is 2. The maximum atomic E-state index is 13.0. The predicted molar refractivity (Wildman–Crippen MR) is 74.9 cm³/mol. The smallest absolute Gasteiger partial charge is 0.141 e. The summed E-state index contributed by atoms with van der Waals surface area (Å²) in [6.45, 7) is 6.40. The molecule has 2 aromatic rings. The number of pyridine rings is 1. The van der Waals surface area contributed by atoms with E-state index in [1.165, 1.54) is 12.3 Å². The maximum Gasteiger partial charge on any atom is 0.141 e. The van der Waals surface area contributed by atoms with Gasteiger partial charge in [0.1, 0.15) is 11.6 Å². The second-order valence-corrected chi connectivity index (χ2v) is 5.50. The molecule has 1 heterocycles. The molecule has 100 valence electrons. The molecule has 0 unspecified atom stereocenters. The van der Waals surface area contributed by atoms with Gasteiger partial charge < -0.3 is 4.74 Å². The van der Waals surface area contributed by atoms with Gasteiger partial charge in [-0.05, 0) is 23.6 Å². The Kier molecular flexibility index (Phi) is 3.56. The van der Waals surface area contributed by atoms with E-state index < -0.39 is 0 Å². The highest BCUT2D eigenvalue weighted by molar-refractivity contribution is 5.70. The number of nitrogens with zero attached hydrogens (tertiary/aromatic N) is 1. The van der Waals surface area contributed by atoms with Gasteiger partial charge in [-0.3, -0.25) is 4.98 Å². The fraction of sp³-hybridized carbons (Fsp3) is 0.312. The van der Waals surface area contributed by atoms with Crippen molar-refractivity contribution in [2.24, 2.45) is 0 Å². The lowest BCUT2D eigenvalue weighted by atomic mass is 9.85. The molecule has 19 heavy (non-hydrogen) atoms. The fourth-order valence-corrected chi connectivity index (χ4v) is 2.08. The molecule has 1 aromatic heterocycles. The summed E-state index contributed by atoms with van der Waals surface area (Å²) in [5.41, 5.74) is 2.68.